The second-order valence-electron chi connectivity index (χ2n) is 8.68. The lowest BCUT2D eigenvalue weighted by molar-refractivity contribution is -0.143. The normalized spacial score (nSPS) is 23.9. The lowest BCUT2D eigenvalue weighted by Crippen LogP contribution is -2.39. The summed E-state index contributed by atoms with van der Waals surface area (Å²) in [7, 11) is -2.19. The van der Waals surface area contributed by atoms with E-state index in [2.05, 4.69) is 24.8 Å². The van der Waals surface area contributed by atoms with Gasteiger partial charge in [-0.2, -0.15) is 9.97 Å². The number of aliphatic hydroxyl groups is 1. The number of methoxy groups -OCH3 is 2. The van der Waals surface area contributed by atoms with Crippen LogP contribution in [-0.2, 0) is 37.4 Å². The van der Waals surface area contributed by atoms with Crippen molar-refractivity contribution in [2.45, 2.75) is 50.9 Å². The van der Waals surface area contributed by atoms with Crippen LogP contribution in [0.1, 0.15) is 26.5 Å². The van der Waals surface area contributed by atoms with Crippen LogP contribution in [0.2, 0.25) is 5.28 Å². The third-order valence-electron chi connectivity index (χ3n) is 5.48. The Hall–Kier alpha value is -2.46. The molecule has 1 aliphatic heterocycles. The van der Waals surface area contributed by atoms with Crippen LogP contribution < -0.4 is 10.8 Å². The van der Waals surface area contributed by atoms with Crippen molar-refractivity contribution in [3.63, 3.8) is 0 Å². The fraction of sp³-hybridized carbons (Fsp3) is 0.650. The summed E-state index contributed by atoms with van der Waals surface area (Å²) < 4.78 is 55.2. The van der Waals surface area contributed by atoms with Gasteiger partial charge in [0.15, 0.2) is 30.5 Å². The van der Waals surface area contributed by atoms with Crippen LogP contribution in [0.25, 0.3) is 11.2 Å². The van der Waals surface area contributed by atoms with Crippen molar-refractivity contribution < 1.29 is 46.9 Å². The molecule has 6 atom stereocenters. The summed E-state index contributed by atoms with van der Waals surface area (Å²) in [5.74, 6) is -1.70. The van der Waals surface area contributed by atoms with Gasteiger partial charge in [-0.1, -0.05) is 13.8 Å². The number of anilines is 1. The highest BCUT2D eigenvalue weighted by atomic mass is 35.5. The first kappa shape index (κ1) is 30.1. The van der Waals surface area contributed by atoms with Crippen molar-refractivity contribution in [2.75, 3.05) is 33.2 Å². The summed E-state index contributed by atoms with van der Waals surface area (Å²) in [5, 5.41) is 12.7. The van der Waals surface area contributed by atoms with Crippen molar-refractivity contribution in [3.05, 3.63) is 11.6 Å². The highest BCUT2D eigenvalue weighted by Crippen LogP contribution is 2.46. The van der Waals surface area contributed by atoms with E-state index in [1.165, 1.54) is 10.9 Å². The number of imidazole rings is 1. The Morgan fingerprint density at radius 2 is 2.03 bits per heavy atom. The summed E-state index contributed by atoms with van der Waals surface area (Å²) in [6.07, 6.45) is -5.16. The molecule has 3 rings (SSSR count). The zero-order valence-corrected chi connectivity index (χ0v) is 22.6. The molecule has 0 aromatic carbocycles. The number of carbonyl (C=O) groups excluding carboxylic acids is 2. The largest absolute Gasteiger partial charge is 0.468 e. The predicted octanol–water partition coefficient (Wildman–Crippen LogP) is 1.15. The maximum absolute atomic E-state index is 15.1. The quantitative estimate of drug-likeness (QED) is 0.183. The van der Waals surface area contributed by atoms with Gasteiger partial charge in [0, 0.05) is 0 Å². The number of rotatable bonds is 12. The number of ether oxygens (including phenoxy) is 3. The third kappa shape index (κ3) is 6.94. The number of nitrogens with two attached hydrogens (primary N) is 1. The Balaban J connectivity index is 1.79. The van der Waals surface area contributed by atoms with E-state index in [1.807, 2.05) is 13.8 Å². The van der Waals surface area contributed by atoms with Crippen LogP contribution in [0.3, 0.4) is 0 Å². The number of esters is 2. The van der Waals surface area contributed by atoms with Gasteiger partial charge in [0.1, 0.15) is 23.8 Å². The Bertz CT molecular complexity index is 1200. The van der Waals surface area contributed by atoms with E-state index in [-0.39, 0.29) is 34.6 Å². The van der Waals surface area contributed by atoms with Crippen molar-refractivity contribution in [3.8, 4) is 0 Å². The molecule has 3 heterocycles. The fourth-order valence-electron chi connectivity index (χ4n) is 3.65. The maximum Gasteiger partial charge on any atom is 0.406 e. The number of fused-ring (bicyclic) bond motifs is 1. The number of nitrogen functional groups attached to an aromatic ring is 1. The van der Waals surface area contributed by atoms with Gasteiger partial charge in [0.05, 0.1) is 27.2 Å². The summed E-state index contributed by atoms with van der Waals surface area (Å²) in [6, 6.07) is -1.13. The standard InChI is InChI=1S/C20H29ClFN6O9P/c1-9(2)5-10(19(31)34-4)27-38(32,36-7-12(29)33-3)35-6-11-15(30)13(22)18(37-11)28-8-24-14-16(23)25-20(21)26-17(14)28/h8-11,13,15,18,30H,5-7H2,1-4H3,(H,27,32)(H2,23,25,26)/t10-,11+,13?,15?,18+,38?/m0/s1. The van der Waals surface area contributed by atoms with Crippen molar-refractivity contribution in [1.82, 2.24) is 24.6 Å². The molecule has 4 N–H and O–H groups in total. The minimum Gasteiger partial charge on any atom is -0.468 e. The van der Waals surface area contributed by atoms with Gasteiger partial charge in [-0.15, -0.1) is 0 Å². The minimum atomic E-state index is -4.44. The molecule has 212 valence electrons. The van der Waals surface area contributed by atoms with E-state index in [1.54, 1.807) is 0 Å². The molecule has 3 unspecified atom stereocenters. The number of aliphatic hydroxyl groups excluding tert-OH is 1. The second kappa shape index (κ2) is 12.6. The number of halogens is 2. The van der Waals surface area contributed by atoms with E-state index in [9.17, 15) is 19.3 Å². The molecular weight excluding hydrogens is 554 g/mol. The van der Waals surface area contributed by atoms with Crippen LogP contribution in [0.15, 0.2) is 6.33 Å². The van der Waals surface area contributed by atoms with Crippen LogP contribution in [0, 0.1) is 5.92 Å². The third-order valence-corrected chi connectivity index (χ3v) is 7.24. The number of nitrogens with one attached hydrogen (secondary N) is 1. The van der Waals surface area contributed by atoms with E-state index in [0.29, 0.717) is 0 Å². The highest BCUT2D eigenvalue weighted by Gasteiger charge is 2.47. The van der Waals surface area contributed by atoms with Crippen LogP contribution in [0.5, 0.6) is 0 Å². The van der Waals surface area contributed by atoms with Gasteiger partial charge < -0.3 is 25.1 Å². The van der Waals surface area contributed by atoms with Gasteiger partial charge in [0.2, 0.25) is 5.28 Å². The monoisotopic (exact) mass is 582 g/mol. The molecule has 1 saturated heterocycles. The molecule has 15 nitrogen and oxygen atoms in total. The van der Waals surface area contributed by atoms with Crippen molar-refractivity contribution in [2.24, 2.45) is 5.92 Å². The van der Waals surface area contributed by atoms with Crippen LogP contribution in [0.4, 0.5) is 10.2 Å². The second-order valence-corrected chi connectivity index (χ2v) is 10.8. The molecule has 0 saturated carbocycles. The molecule has 1 aliphatic rings. The summed E-state index contributed by atoms with van der Waals surface area (Å²) in [5.41, 5.74) is 5.99. The summed E-state index contributed by atoms with van der Waals surface area (Å²) in [4.78, 5) is 35.7. The molecule has 0 amide bonds. The number of alkyl halides is 1. The first-order valence-electron chi connectivity index (χ1n) is 11.3. The number of hydrogen-bond donors (Lipinski definition) is 3. The van der Waals surface area contributed by atoms with E-state index >= 15 is 4.39 Å². The fourth-order valence-corrected chi connectivity index (χ4v) is 5.25. The molecule has 18 heteroatoms. The Labute approximate surface area is 221 Å². The predicted molar refractivity (Wildman–Crippen MR) is 129 cm³/mol. The molecule has 0 aliphatic carbocycles. The molecule has 0 radical (unpaired) electrons. The smallest absolute Gasteiger partial charge is 0.406 e. The molecule has 2 aromatic rings. The molecule has 38 heavy (non-hydrogen) atoms. The number of hydrogen-bond acceptors (Lipinski definition) is 13. The maximum atomic E-state index is 15.1. The lowest BCUT2D eigenvalue weighted by atomic mass is 10.1. The minimum absolute atomic E-state index is 0.0370. The Morgan fingerprint density at radius 1 is 1.32 bits per heavy atom. The SMILES string of the molecule is COC(=O)COP(=O)(N[C@@H](CC(C)C)C(=O)OC)OC[C@H]1O[C@@H](n2cnc3c(N)nc(Cl)nc32)C(F)C1O. The van der Waals surface area contributed by atoms with Gasteiger partial charge in [0.25, 0.3) is 0 Å². The topological polar surface area (TPSA) is 199 Å². The van der Waals surface area contributed by atoms with E-state index in [0.717, 1.165) is 14.2 Å². The average Bonchev–Trinajstić information content (AvgIpc) is 3.41. The number of aromatic nitrogens is 4. The summed E-state index contributed by atoms with van der Waals surface area (Å²) in [6.45, 7) is 2.17. The van der Waals surface area contributed by atoms with Crippen LogP contribution >= 0.6 is 19.3 Å². The average molecular weight is 583 g/mol. The van der Waals surface area contributed by atoms with Crippen molar-refractivity contribution >= 4 is 48.3 Å². The Kier molecular flexibility index (Phi) is 9.97. The number of carbonyl (C=O) groups is 2. The zero-order valence-electron chi connectivity index (χ0n) is 20.9. The van der Waals surface area contributed by atoms with Gasteiger partial charge in [-0.3, -0.25) is 18.4 Å². The molecule has 2 aromatic heterocycles. The zero-order chi connectivity index (χ0) is 28.2. The van der Waals surface area contributed by atoms with E-state index < -0.39 is 63.5 Å². The van der Waals surface area contributed by atoms with Gasteiger partial charge >= 0.3 is 19.7 Å². The lowest BCUT2D eigenvalue weighted by Gasteiger charge is -2.26. The molecule has 1 fully saturated rings. The Morgan fingerprint density at radius 3 is 2.66 bits per heavy atom. The number of nitrogens with zero attached hydrogens (tertiary/aromatic N) is 4. The first-order valence-corrected chi connectivity index (χ1v) is 13.3. The van der Waals surface area contributed by atoms with E-state index in [4.69, 9.17) is 35.9 Å². The molecular formula is C20H29ClFN6O9P. The van der Waals surface area contributed by atoms with Gasteiger partial charge in [-0.05, 0) is 23.9 Å². The summed E-state index contributed by atoms with van der Waals surface area (Å²) >= 11 is 5.86. The van der Waals surface area contributed by atoms with Crippen molar-refractivity contribution in [1.29, 1.82) is 0 Å². The highest BCUT2D eigenvalue weighted by molar-refractivity contribution is 7.51. The van der Waals surface area contributed by atoms with Gasteiger partial charge in [-0.25, -0.2) is 23.8 Å². The molecule has 0 spiro atoms. The van der Waals surface area contributed by atoms with Crippen LogP contribution in [-0.4, -0.2) is 88.4 Å². The first-order chi connectivity index (χ1) is 17.9. The molecule has 0 bridgehead atoms.